The van der Waals surface area contributed by atoms with Crippen LogP contribution in [0.2, 0.25) is 0 Å². The third kappa shape index (κ3) is 4.66. The van der Waals surface area contributed by atoms with Gasteiger partial charge in [-0.05, 0) is 36.6 Å². The summed E-state index contributed by atoms with van der Waals surface area (Å²) in [6.45, 7) is 6.05. The maximum Gasteiger partial charge on any atom is 0.254 e. The minimum absolute atomic E-state index is 0.356. The number of hydrogen-bond donors (Lipinski definition) is 0. The summed E-state index contributed by atoms with van der Waals surface area (Å²) in [4.78, 5) is 11.5. The number of rotatable bonds is 7. The highest BCUT2D eigenvalue weighted by molar-refractivity contribution is 7.89. The molecule has 1 aliphatic heterocycles. The molecule has 4 aromatic rings. The lowest BCUT2D eigenvalue weighted by atomic mass is 10.0. The zero-order valence-corrected chi connectivity index (χ0v) is 20.9. The molecule has 3 heterocycles. The van der Waals surface area contributed by atoms with E-state index in [2.05, 4.69) is 39.0 Å². The molecule has 2 aromatic carbocycles. The SMILES string of the molecule is CCCc1ccc(S(=O)(=O)N2CCN(c3c(Cc4ccccc4)c(C)nc4ncnn34)CC2)cc1. The summed E-state index contributed by atoms with van der Waals surface area (Å²) < 4.78 is 30.0. The molecule has 1 fully saturated rings. The Morgan fingerprint density at radius 3 is 2.31 bits per heavy atom. The van der Waals surface area contributed by atoms with Gasteiger partial charge in [-0.2, -0.15) is 18.9 Å². The van der Waals surface area contributed by atoms with Gasteiger partial charge in [-0.15, -0.1) is 0 Å². The van der Waals surface area contributed by atoms with E-state index < -0.39 is 10.0 Å². The first-order valence-corrected chi connectivity index (χ1v) is 13.5. The van der Waals surface area contributed by atoms with Gasteiger partial charge in [-0.3, -0.25) is 0 Å². The Bertz CT molecular complexity index is 1410. The van der Waals surface area contributed by atoms with Crippen molar-refractivity contribution in [3.63, 3.8) is 0 Å². The Hall–Kier alpha value is -3.30. The molecule has 1 aliphatic rings. The van der Waals surface area contributed by atoms with Gasteiger partial charge in [0.2, 0.25) is 10.0 Å². The first-order valence-electron chi connectivity index (χ1n) is 12.0. The molecule has 9 heteroatoms. The third-order valence-corrected chi connectivity index (χ3v) is 8.48. The molecule has 0 saturated carbocycles. The molecule has 0 N–H and O–H groups in total. The molecule has 0 aliphatic carbocycles. The first-order chi connectivity index (χ1) is 17.0. The molecule has 0 radical (unpaired) electrons. The van der Waals surface area contributed by atoms with Crippen molar-refractivity contribution < 1.29 is 8.42 Å². The van der Waals surface area contributed by atoms with Crippen molar-refractivity contribution in [1.29, 1.82) is 0 Å². The van der Waals surface area contributed by atoms with E-state index in [-0.39, 0.29) is 0 Å². The van der Waals surface area contributed by atoms with Gasteiger partial charge in [-0.1, -0.05) is 55.8 Å². The van der Waals surface area contributed by atoms with E-state index in [0.717, 1.165) is 35.5 Å². The van der Waals surface area contributed by atoms with Crippen molar-refractivity contribution >= 4 is 21.6 Å². The minimum atomic E-state index is -3.54. The summed E-state index contributed by atoms with van der Waals surface area (Å²) >= 11 is 0. The van der Waals surface area contributed by atoms with Crippen LogP contribution in [-0.4, -0.2) is 58.5 Å². The number of fused-ring (bicyclic) bond motifs is 1. The molecule has 2 aromatic heterocycles. The van der Waals surface area contributed by atoms with Crippen LogP contribution in [0.5, 0.6) is 0 Å². The lowest BCUT2D eigenvalue weighted by Crippen LogP contribution is -2.49. The number of nitrogens with zero attached hydrogens (tertiary/aromatic N) is 6. The van der Waals surface area contributed by atoms with E-state index in [9.17, 15) is 8.42 Å². The summed E-state index contributed by atoms with van der Waals surface area (Å²) in [6, 6.07) is 17.6. The van der Waals surface area contributed by atoms with Crippen molar-refractivity contribution in [2.24, 2.45) is 0 Å². The fourth-order valence-electron chi connectivity index (χ4n) is 4.71. The molecule has 5 rings (SSSR count). The Labute approximate surface area is 206 Å². The van der Waals surface area contributed by atoms with Crippen LogP contribution in [0, 0.1) is 6.92 Å². The van der Waals surface area contributed by atoms with E-state index in [1.54, 1.807) is 21.0 Å². The van der Waals surface area contributed by atoms with Gasteiger partial charge in [-0.25, -0.2) is 13.4 Å². The van der Waals surface area contributed by atoms with Gasteiger partial charge in [0.05, 0.1) is 4.90 Å². The second-order valence-corrected chi connectivity index (χ2v) is 10.9. The van der Waals surface area contributed by atoms with Crippen molar-refractivity contribution in [2.45, 2.75) is 38.0 Å². The topological polar surface area (TPSA) is 83.7 Å². The van der Waals surface area contributed by atoms with E-state index >= 15 is 0 Å². The molecule has 0 atom stereocenters. The highest BCUT2D eigenvalue weighted by atomic mass is 32.2. The Morgan fingerprint density at radius 1 is 0.914 bits per heavy atom. The number of aromatic nitrogens is 4. The number of hydrogen-bond acceptors (Lipinski definition) is 6. The zero-order chi connectivity index (χ0) is 24.4. The van der Waals surface area contributed by atoms with Crippen LogP contribution in [0.25, 0.3) is 5.78 Å². The molecule has 0 bridgehead atoms. The molecule has 182 valence electrons. The minimum Gasteiger partial charge on any atom is -0.354 e. The highest BCUT2D eigenvalue weighted by Gasteiger charge is 2.31. The lowest BCUT2D eigenvalue weighted by Gasteiger charge is -2.36. The molecular formula is C26H30N6O2S. The fraction of sp³-hybridized carbons (Fsp3) is 0.346. The second kappa shape index (κ2) is 9.75. The molecule has 0 spiro atoms. The Kier molecular flexibility index (Phi) is 6.53. The lowest BCUT2D eigenvalue weighted by molar-refractivity contribution is 0.382. The van der Waals surface area contributed by atoms with Gasteiger partial charge in [0.25, 0.3) is 5.78 Å². The van der Waals surface area contributed by atoms with Crippen LogP contribution >= 0.6 is 0 Å². The highest BCUT2D eigenvalue weighted by Crippen LogP contribution is 2.28. The van der Waals surface area contributed by atoms with Crippen LogP contribution in [0.3, 0.4) is 0 Å². The third-order valence-electron chi connectivity index (χ3n) is 6.57. The van der Waals surface area contributed by atoms with Crippen LogP contribution in [0.1, 0.15) is 35.7 Å². The molecule has 8 nitrogen and oxygen atoms in total. The summed E-state index contributed by atoms with van der Waals surface area (Å²) in [6.07, 6.45) is 4.22. The first kappa shape index (κ1) is 23.4. The van der Waals surface area contributed by atoms with Crippen molar-refractivity contribution in [3.8, 4) is 0 Å². The quantitative estimate of drug-likeness (QED) is 0.394. The maximum atomic E-state index is 13.3. The summed E-state index contributed by atoms with van der Waals surface area (Å²) in [5.41, 5.74) is 4.33. The van der Waals surface area contributed by atoms with Crippen molar-refractivity contribution in [2.75, 3.05) is 31.1 Å². The molecule has 0 amide bonds. The normalized spacial score (nSPS) is 15.1. The number of piperazine rings is 1. The van der Waals surface area contributed by atoms with Gasteiger partial charge < -0.3 is 4.90 Å². The van der Waals surface area contributed by atoms with Crippen LogP contribution in [0.15, 0.2) is 65.8 Å². The second-order valence-electron chi connectivity index (χ2n) is 8.92. The van der Waals surface area contributed by atoms with Crippen molar-refractivity contribution in [3.05, 3.63) is 83.3 Å². The summed E-state index contributed by atoms with van der Waals surface area (Å²) in [5, 5.41) is 4.45. The van der Waals surface area contributed by atoms with Crippen molar-refractivity contribution in [1.82, 2.24) is 23.9 Å². The molecular weight excluding hydrogens is 460 g/mol. The van der Waals surface area contributed by atoms with Crippen LogP contribution in [0.4, 0.5) is 5.82 Å². The largest absolute Gasteiger partial charge is 0.354 e. The summed E-state index contributed by atoms with van der Waals surface area (Å²) in [7, 11) is -3.54. The number of anilines is 1. The zero-order valence-electron chi connectivity index (χ0n) is 20.1. The average Bonchev–Trinajstić information content (AvgIpc) is 3.33. The van der Waals surface area contributed by atoms with Gasteiger partial charge >= 0.3 is 0 Å². The monoisotopic (exact) mass is 490 g/mol. The molecule has 0 unspecified atom stereocenters. The number of sulfonamides is 1. The Morgan fingerprint density at radius 2 is 1.63 bits per heavy atom. The van der Waals surface area contributed by atoms with Crippen LogP contribution < -0.4 is 4.90 Å². The van der Waals surface area contributed by atoms with Gasteiger partial charge in [0.1, 0.15) is 12.1 Å². The molecule has 35 heavy (non-hydrogen) atoms. The predicted molar refractivity (Wildman–Crippen MR) is 136 cm³/mol. The number of benzene rings is 2. The van der Waals surface area contributed by atoms with Crippen LogP contribution in [-0.2, 0) is 22.9 Å². The summed E-state index contributed by atoms with van der Waals surface area (Å²) in [5.74, 6) is 1.49. The van der Waals surface area contributed by atoms with E-state index in [4.69, 9.17) is 0 Å². The fourth-order valence-corrected chi connectivity index (χ4v) is 6.13. The van der Waals surface area contributed by atoms with E-state index in [0.29, 0.717) is 43.3 Å². The standard InChI is InChI=1S/C26H30N6O2S/c1-3-7-21-10-12-23(13-11-21)35(33,34)31-16-14-30(15-17-31)25-24(18-22-8-5-4-6-9-22)20(2)29-26-27-19-28-32(25)26/h4-6,8-13,19H,3,7,14-18H2,1-2H3. The van der Waals surface area contributed by atoms with E-state index in [1.807, 2.05) is 37.3 Å². The number of aryl methyl sites for hydroxylation is 2. The van der Waals surface area contributed by atoms with Gasteiger partial charge in [0.15, 0.2) is 0 Å². The average molecular weight is 491 g/mol. The molecule has 1 saturated heterocycles. The van der Waals surface area contributed by atoms with Gasteiger partial charge in [0, 0.05) is 43.9 Å². The smallest absolute Gasteiger partial charge is 0.254 e. The maximum absolute atomic E-state index is 13.3. The predicted octanol–water partition coefficient (Wildman–Crippen LogP) is 3.49. The van der Waals surface area contributed by atoms with E-state index in [1.165, 1.54) is 11.9 Å². The Balaban J connectivity index is 1.41.